The Hall–Kier alpha value is -0.570. The molecule has 3 nitrogen and oxygen atoms in total. The van der Waals surface area contributed by atoms with Crippen molar-refractivity contribution in [3.05, 3.63) is 0 Å². The molecule has 1 amide bonds. The van der Waals surface area contributed by atoms with E-state index in [2.05, 4.69) is 12.2 Å². The normalized spacial score (nSPS) is 41.9. The highest BCUT2D eigenvalue weighted by Gasteiger charge is 2.35. The van der Waals surface area contributed by atoms with E-state index in [9.17, 15) is 4.79 Å². The first kappa shape index (κ1) is 9.97. The van der Waals surface area contributed by atoms with Crippen LogP contribution in [0.1, 0.15) is 39.0 Å². The summed E-state index contributed by atoms with van der Waals surface area (Å²) in [5.41, 5.74) is 5.80. The molecule has 0 aliphatic heterocycles. The van der Waals surface area contributed by atoms with Gasteiger partial charge in [-0.3, -0.25) is 4.79 Å². The van der Waals surface area contributed by atoms with Crippen molar-refractivity contribution in [2.45, 2.75) is 51.1 Å². The van der Waals surface area contributed by atoms with Crippen LogP contribution in [0.25, 0.3) is 0 Å². The van der Waals surface area contributed by atoms with Crippen molar-refractivity contribution in [2.75, 3.05) is 0 Å². The Balaban J connectivity index is 1.74. The lowest BCUT2D eigenvalue weighted by atomic mass is 9.86. The second-order valence-electron chi connectivity index (χ2n) is 4.94. The number of hydrogen-bond donors (Lipinski definition) is 2. The average Bonchev–Trinajstić information content (AvgIpc) is 2.82. The first-order valence-electron chi connectivity index (χ1n) is 5.72. The zero-order valence-electron chi connectivity index (χ0n) is 8.83. The molecule has 0 heterocycles. The van der Waals surface area contributed by atoms with Gasteiger partial charge in [-0.1, -0.05) is 6.92 Å². The molecule has 2 atom stereocenters. The monoisotopic (exact) mass is 196 g/mol. The van der Waals surface area contributed by atoms with Gasteiger partial charge in [0.1, 0.15) is 0 Å². The maximum Gasteiger partial charge on any atom is 0.223 e. The van der Waals surface area contributed by atoms with E-state index in [0.717, 1.165) is 32.1 Å². The van der Waals surface area contributed by atoms with Crippen LogP contribution in [0.5, 0.6) is 0 Å². The van der Waals surface area contributed by atoms with Crippen molar-refractivity contribution in [3.8, 4) is 0 Å². The van der Waals surface area contributed by atoms with Crippen molar-refractivity contribution in [1.29, 1.82) is 0 Å². The second-order valence-corrected chi connectivity index (χ2v) is 4.94. The minimum absolute atomic E-state index is 0.239. The molecule has 0 saturated heterocycles. The van der Waals surface area contributed by atoms with Gasteiger partial charge in [-0.05, 0) is 38.0 Å². The fourth-order valence-corrected chi connectivity index (χ4v) is 2.21. The molecule has 2 unspecified atom stereocenters. The molecule has 0 radical (unpaired) electrons. The molecule has 2 aliphatic carbocycles. The Morgan fingerprint density at radius 3 is 2.36 bits per heavy atom. The number of carbonyl (C=O) groups excluding carboxylic acids is 1. The van der Waals surface area contributed by atoms with Crippen LogP contribution in [-0.2, 0) is 4.79 Å². The van der Waals surface area contributed by atoms with Gasteiger partial charge in [-0.15, -0.1) is 0 Å². The summed E-state index contributed by atoms with van der Waals surface area (Å²) in [7, 11) is 0. The zero-order valence-corrected chi connectivity index (χ0v) is 8.83. The van der Waals surface area contributed by atoms with E-state index in [-0.39, 0.29) is 11.8 Å². The third-order valence-corrected chi connectivity index (χ3v) is 3.58. The Labute approximate surface area is 85.4 Å². The van der Waals surface area contributed by atoms with Gasteiger partial charge in [0.05, 0.1) is 0 Å². The van der Waals surface area contributed by atoms with Crippen LogP contribution in [0, 0.1) is 11.8 Å². The lowest BCUT2D eigenvalue weighted by molar-refractivity contribution is -0.126. The standard InChI is InChI=1S/C11H20N2O/c1-7-6-10(7)13-11(14)8-2-4-9(12)5-3-8/h7-10H,2-6,12H2,1H3,(H,13,14). The number of nitrogens with two attached hydrogens (primary N) is 1. The molecule has 0 bridgehead atoms. The van der Waals surface area contributed by atoms with E-state index in [1.807, 2.05) is 0 Å². The molecule has 14 heavy (non-hydrogen) atoms. The van der Waals surface area contributed by atoms with Crippen LogP contribution >= 0.6 is 0 Å². The number of hydrogen-bond acceptors (Lipinski definition) is 2. The Bertz CT molecular complexity index is 221. The van der Waals surface area contributed by atoms with Crippen LogP contribution in [0.15, 0.2) is 0 Å². The van der Waals surface area contributed by atoms with E-state index >= 15 is 0 Å². The summed E-state index contributed by atoms with van der Waals surface area (Å²) in [6, 6.07) is 0.803. The number of carbonyl (C=O) groups is 1. The molecule has 0 aromatic rings. The lowest BCUT2D eigenvalue weighted by Crippen LogP contribution is -2.37. The van der Waals surface area contributed by atoms with E-state index in [0.29, 0.717) is 18.0 Å². The molecule has 3 N–H and O–H groups in total. The Morgan fingerprint density at radius 1 is 1.29 bits per heavy atom. The van der Waals surface area contributed by atoms with Gasteiger partial charge in [0.2, 0.25) is 5.91 Å². The van der Waals surface area contributed by atoms with Gasteiger partial charge >= 0.3 is 0 Å². The minimum atomic E-state index is 0.239. The summed E-state index contributed by atoms with van der Waals surface area (Å²) in [6.45, 7) is 2.18. The van der Waals surface area contributed by atoms with Crippen molar-refractivity contribution in [2.24, 2.45) is 17.6 Å². The molecule has 2 fully saturated rings. The summed E-state index contributed by atoms with van der Waals surface area (Å²) in [5, 5.41) is 3.11. The van der Waals surface area contributed by atoms with Gasteiger partial charge in [0.15, 0.2) is 0 Å². The summed E-state index contributed by atoms with van der Waals surface area (Å²) in [6.07, 6.45) is 5.15. The summed E-state index contributed by atoms with van der Waals surface area (Å²) >= 11 is 0. The molecule has 0 aromatic carbocycles. The highest BCUT2D eigenvalue weighted by Crippen LogP contribution is 2.30. The largest absolute Gasteiger partial charge is 0.353 e. The summed E-state index contributed by atoms with van der Waals surface area (Å²) < 4.78 is 0. The third-order valence-electron chi connectivity index (χ3n) is 3.58. The van der Waals surface area contributed by atoms with E-state index in [4.69, 9.17) is 5.73 Å². The van der Waals surface area contributed by atoms with Gasteiger partial charge in [0.25, 0.3) is 0 Å². The lowest BCUT2D eigenvalue weighted by Gasteiger charge is -2.25. The van der Waals surface area contributed by atoms with Crippen molar-refractivity contribution >= 4 is 5.91 Å². The smallest absolute Gasteiger partial charge is 0.223 e. The van der Waals surface area contributed by atoms with E-state index in [1.54, 1.807) is 0 Å². The van der Waals surface area contributed by atoms with E-state index < -0.39 is 0 Å². The number of nitrogens with one attached hydrogen (secondary N) is 1. The minimum Gasteiger partial charge on any atom is -0.353 e. The van der Waals surface area contributed by atoms with Crippen LogP contribution < -0.4 is 11.1 Å². The van der Waals surface area contributed by atoms with Gasteiger partial charge in [-0.2, -0.15) is 0 Å². The molecule has 0 spiro atoms. The molecule has 2 aliphatic rings. The fraction of sp³-hybridized carbons (Fsp3) is 0.909. The summed E-state index contributed by atoms with van der Waals surface area (Å²) in [5.74, 6) is 1.21. The van der Waals surface area contributed by atoms with Gasteiger partial charge in [0, 0.05) is 18.0 Å². The summed E-state index contributed by atoms with van der Waals surface area (Å²) in [4.78, 5) is 11.7. The molecule has 3 heteroatoms. The first-order valence-corrected chi connectivity index (χ1v) is 5.72. The molecular weight excluding hydrogens is 176 g/mol. The van der Waals surface area contributed by atoms with Crippen molar-refractivity contribution in [3.63, 3.8) is 0 Å². The Kier molecular flexibility index (Phi) is 2.77. The highest BCUT2D eigenvalue weighted by molar-refractivity contribution is 5.79. The van der Waals surface area contributed by atoms with Crippen LogP contribution in [0.3, 0.4) is 0 Å². The highest BCUT2D eigenvalue weighted by atomic mass is 16.2. The van der Waals surface area contributed by atoms with Gasteiger partial charge in [-0.25, -0.2) is 0 Å². The topological polar surface area (TPSA) is 55.1 Å². The molecule has 80 valence electrons. The molecule has 0 aromatic heterocycles. The molecule has 2 saturated carbocycles. The van der Waals surface area contributed by atoms with Gasteiger partial charge < -0.3 is 11.1 Å². The van der Waals surface area contributed by atoms with Crippen molar-refractivity contribution in [1.82, 2.24) is 5.32 Å². The number of amides is 1. The maximum atomic E-state index is 11.7. The molecular formula is C11H20N2O. The van der Waals surface area contributed by atoms with Crippen molar-refractivity contribution < 1.29 is 4.79 Å². The number of rotatable bonds is 2. The SMILES string of the molecule is CC1CC1NC(=O)C1CCC(N)CC1. The zero-order chi connectivity index (χ0) is 10.1. The molecule has 2 rings (SSSR count). The maximum absolute atomic E-state index is 11.7. The quantitative estimate of drug-likeness (QED) is 0.693. The van der Waals surface area contributed by atoms with Crippen LogP contribution in [-0.4, -0.2) is 18.0 Å². The average molecular weight is 196 g/mol. The predicted molar refractivity (Wildman–Crippen MR) is 55.6 cm³/mol. The first-order chi connectivity index (χ1) is 6.66. The second kappa shape index (κ2) is 3.89. The fourth-order valence-electron chi connectivity index (χ4n) is 2.21. The predicted octanol–water partition coefficient (Wildman–Crippen LogP) is 1.03. The Morgan fingerprint density at radius 2 is 1.86 bits per heavy atom. The van der Waals surface area contributed by atoms with Crippen LogP contribution in [0.4, 0.5) is 0 Å². The van der Waals surface area contributed by atoms with Crippen LogP contribution in [0.2, 0.25) is 0 Å². The van der Waals surface area contributed by atoms with E-state index in [1.165, 1.54) is 0 Å². The third kappa shape index (κ3) is 2.27.